The minimum absolute atomic E-state index is 0.229. The van der Waals surface area contributed by atoms with Crippen LogP contribution in [0.5, 0.6) is 5.75 Å². The molecule has 0 unspecified atom stereocenters. The van der Waals surface area contributed by atoms with Gasteiger partial charge in [0.15, 0.2) is 12.7 Å². The van der Waals surface area contributed by atoms with Crippen molar-refractivity contribution >= 4 is 11.9 Å². The highest BCUT2D eigenvalue weighted by Gasteiger charge is 2.20. The van der Waals surface area contributed by atoms with Crippen molar-refractivity contribution in [1.82, 2.24) is 5.32 Å². The lowest BCUT2D eigenvalue weighted by molar-refractivity contribution is -0.154. The molecule has 5 nitrogen and oxygen atoms in total. The van der Waals surface area contributed by atoms with Crippen LogP contribution in [0.1, 0.15) is 38.2 Å². The Bertz CT molecular complexity index is 523. The van der Waals surface area contributed by atoms with Crippen LogP contribution in [0, 0.1) is 6.92 Å². The van der Waals surface area contributed by atoms with Crippen molar-refractivity contribution in [2.45, 2.75) is 51.7 Å². The minimum atomic E-state index is -0.749. The molecule has 2 rings (SSSR count). The highest BCUT2D eigenvalue weighted by molar-refractivity contribution is 5.82. The zero-order chi connectivity index (χ0) is 15.9. The van der Waals surface area contributed by atoms with Crippen LogP contribution in [0.3, 0.4) is 0 Å². The third-order valence-corrected chi connectivity index (χ3v) is 3.70. The van der Waals surface area contributed by atoms with Gasteiger partial charge in [0.2, 0.25) is 0 Å². The average molecular weight is 305 g/mol. The first-order valence-electron chi connectivity index (χ1n) is 7.74. The molecule has 1 aliphatic carbocycles. The van der Waals surface area contributed by atoms with Gasteiger partial charge in [0.05, 0.1) is 0 Å². The molecular weight excluding hydrogens is 282 g/mol. The Morgan fingerprint density at radius 2 is 2.05 bits per heavy atom. The van der Waals surface area contributed by atoms with Gasteiger partial charge in [0, 0.05) is 6.04 Å². The second kappa shape index (κ2) is 7.82. The molecule has 0 saturated heterocycles. The zero-order valence-corrected chi connectivity index (χ0v) is 13.1. The van der Waals surface area contributed by atoms with E-state index in [4.69, 9.17) is 9.47 Å². The highest BCUT2D eigenvalue weighted by Crippen LogP contribution is 2.17. The molecule has 1 aromatic carbocycles. The fraction of sp³-hybridized carbons (Fsp3) is 0.529. The van der Waals surface area contributed by atoms with Crippen molar-refractivity contribution in [3.05, 3.63) is 29.8 Å². The van der Waals surface area contributed by atoms with E-state index in [0.29, 0.717) is 5.75 Å². The van der Waals surface area contributed by atoms with Gasteiger partial charge in [0.25, 0.3) is 5.91 Å². The Morgan fingerprint density at radius 1 is 1.32 bits per heavy atom. The van der Waals surface area contributed by atoms with E-state index in [1.165, 1.54) is 0 Å². The molecule has 120 valence electrons. The predicted molar refractivity (Wildman–Crippen MR) is 82.6 cm³/mol. The van der Waals surface area contributed by atoms with Gasteiger partial charge in [0.1, 0.15) is 5.75 Å². The Kier molecular flexibility index (Phi) is 5.81. The molecule has 0 aliphatic heterocycles. The summed E-state index contributed by atoms with van der Waals surface area (Å²) in [6.07, 6.45) is 3.55. The van der Waals surface area contributed by atoms with Gasteiger partial charge >= 0.3 is 5.97 Å². The summed E-state index contributed by atoms with van der Waals surface area (Å²) in [6, 6.07) is 7.66. The number of esters is 1. The van der Waals surface area contributed by atoms with Gasteiger partial charge < -0.3 is 14.8 Å². The van der Waals surface area contributed by atoms with Crippen LogP contribution in [0.2, 0.25) is 0 Å². The maximum Gasteiger partial charge on any atom is 0.347 e. The molecule has 1 fully saturated rings. The molecule has 0 spiro atoms. The van der Waals surface area contributed by atoms with Crippen molar-refractivity contribution in [2.75, 3.05) is 6.61 Å². The minimum Gasteiger partial charge on any atom is -0.479 e. The highest BCUT2D eigenvalue weighted by atomic mass is 16.6. The van der Waals surface area contributed by atoms with Gasteiger partial charge in [-0.25, -0.2) is 4.79 Å². The third kappa shape index (κ3) is 5.06. The second-order valence-electron chi connectivity index (χ2n) is 5.73. The zero-order valence-electron chi connectivity index (χ0n) is 13.1. The first-order chi connectivity index (χ1) is 10.5. The van der Waals surface area contributed by atoms with Crippen molar-refractivity contribution in [2.24, 2.45) is 0 Å². The van der Waals surface area contributed by atoms with E-state index in [9.17, 15) is 9.59 Å². The summed E-state index contributed by atoms with van der Waals surface area (Å²) in [5.74, 6) is -0.175. The number of ether oxygens (including phenoxy) is 2. The summed E-state index contributed by atoms with van der Waals surface area (Å²) in [6.45, 7) is 3.31. The van der Waals surface area contributed by atoms with Crippen LogP contribution in [0.4, 0.5) is 0 Å². The molecule has 1 N–H and O–H groups in total. The SMILES string of the molecule is Cc1cccc(O[C@@H](C)C(=O)OCC(=O)NC2CCCC2)c1. The fourth-order valence-corrected chi connectivity index (χ4v) is 2.53. The van der Waals surface area contributed by atoms with Crippen LogP contribution in [0.15, 0.2) is 24.3 Å². The van der Waals surface area contributed by atoms with Gasteiger partial charge in [-0.1, -0.05) is 25.0 Å². The van der Waals surface area contributed by atoms with Crippen molar-refractivity contribution in [3.63, 3.8) is 0 Å². The normalized spacial score (nSPS) is 16.1. The number of amides is 1. The number of carbonyl (C=O) groups is 2. The summed E-state index contributed by atoms with van der Waals surface area (Å²) in [5.41, 5.74) is 1.05. The third-order valence-electron chi connectivity index (χ3n) is 3.70. The molecule has 22 heavy (non-hydrogen) atoms. The summed E-state index contributed by atoms with van der Waals surface area (Å²) >= 11 is 0. The molecule has 5 heteroatoms. The summed E-state index contributed by atoms with van der Waals surface area (Å²) in [7, 11) is 0. The van der Waals surface area contributed by atoms with Crippen molar-refractivity contribution < 1.29 is 19.1 Å². The largest absolute Gasteiger partial charge is 0.479 e. The van der Waals surface area contributed by atoms with Crippen LogP contribution in [-0.2, 0) is 14.3 Å². The van der Waals surface area contributed by atoms with Gasteiger partial charge in [-0.15, -0.1) is 0 Å². The van der Waals surface area contributed by atoms with E-state index in [0.717, 1.165) is 31.2 Å². The van der Waals surface area contributed by atoms with Gasteiger partial charge in [-0.05, 0) is 44.4 Å². The van der Waals surface area contributed by atoms with E-state index >= 15 is 0 Å². The van der Waals surface area contributed by atoms with Gasteiger partial charge in [-0.2, -0.15) is 0 Å². The van der Waals surface area contributed by atoms with Crippen LogP contribution >= 0.6 is 0 Å². The molecular formula is C17H23NO4. The topological polar surface area (TPSA) is 64.6 Å². The number of benzene rings is 1. The standard InChI is InChI=1S/C17H23NO4/c1-12-6-5-9-15(10-12)22-13(2)17(20)21-11-16(19)18-14-7-3-4-8-14/h5-6,9-10,13-14H,3-4,7-8,11H2,1-2H3,(H,18,19)/t13-/m0/s1. The van der Waals surface area contributed by atoms with Crippen molar-refractivity contribution in [1.29, 1.82) is 0 Å². The van der Waals surface area contributed by atoms with E-state index in [2.05, 4.69) is 5.32 Å². The second-order valence-corrected chi connectivity index (χ2v) is 5.73. The number of rotatable bonds is 6. The Labute approximate surface area is 131 Å². The number of aryl methyl sites for hydroxylation is 1. The Balaban J connectivity index is 1.72. The maximum absolute atomic E-state index is 11.8. The molecule has 1 aliphatic rings. The van der Waals surface area contributed by atoms with E-state index in [-0.39, 0.29) is 18.6 Å². The number of nitrogens with one attached hydrogen (secondary N) is 1. The summed E-state index contributed by atoms with van der Waals surface area (Å²) in [4.78, 5) is 23.5. The molecule has 1 atom stereocenters. The maximum atomic E-state index is 11.8. The predicted octanol–water partition coefficient (Wildman–Crippen LogP) is 2.36. The van der Waals surface area contributed by atoms with Crippen LogP contribution in [-0.4, -0.2) is 30.6 Å². The van der Waals surface area contributed by atoms with E-state index in [1.807, 2.05) is 25.1 Å². The molecule has 0 radical (unpaired) electrons. The summed E-state index contributed by atoms with van der Waals surface area (Å²) in [5, 5.41) is 2.87. The smallest absolute Gasteiger partial charge is 0.347 e. The first-order valence-corrected chi connectivity index (χ1v) is 7.74. The molecule has 0 aromatic heterocycles. The molecule has 0 bridgehead atoms. The quantitative estimate of drug-likeness (QED) is 0.820. The van der Waals surface area contributed by atoms with Crippen molar-refractivity contribution in [3.8, 4) is 5.75 Å². The number of carbonyl (C=O) groups excluding carboxylic acids is 2. The molecule has 0 heterocycles. The van der Waals surface area contributed by atoms with Gasteiger partial charge in [-0.3, -0.25) is 4.79 Å². The first kappa shape index (κ1) is 16.3. The number of hydrogen-bond donors (Lipinski definition) is 1. The number of hydrogen-bond acceptors (Lipinski definition) is 4. The lowest BCUT2D eigenvalue weighted by atomic mass is 10.2. The van der Waals surface area contributed by atoms with Crippen LogP contribution < -0.4 is 10.1 Å². The molecule has 1 saturated carbocycles. The molecule has 1 amide bonds. The van der Waals surface area contributed by atoms with Crippen LogP contribution in [0.25, 0.3) is 0 Å². The Morgan fingerprint density at radius 3 is 2.73 bits per heavy atom. The monoisotopic (exact) mass is 305 g/mol. The average Bonchev–Trinajstić information content (AvgIpc) is 2.97. The lowest BCUT2D eigenvalue weighted by Gasteiger charge is -2.15. The summed E-state index contributed by atoms with van der Waals surface area (Å²) < 4.78 is 10.5. The fourth-order valence-electron chi connectivity index (χ4n) is 2.53. The lowest BCUT2D eigenvalue weighted by Crippen LogP contribution is -2.37. The van der Waals surface area contributed by atoms with E-state index < -0.39 is 12.1 Å². The molecule has 1 aromatic rings. The Hall–Kier alpha value is -2.04. The van der Waals surface area contributed by atoms with E-state index in [1.54, 1.807) is 13.0 Å².